The maximum Gasteiger partial charge on any atom is 0.122 e. The van der Waals surface area contributed by atoms with Gasteiger partial charge in [0.25, 0.3) is 0 Å². The lowest BCUT2D eigenvalue weighted by atomic mass is 9.94. The van der Waals surface area contributed by atoms with Gasteiger partial charge in [-0.05, 0) is 30.0 Å². The molecule has 0 aliphatic heterocycles. The van der Waals surface area contributed by atoms with Crippen LogP contribution in [0.2, 0.25) is 0 Å². The molecule has 0 saturated carbocycles. The predicted octanol–water partition coefficient (Wildman–Crippen LogP) is 2.41. The molecule has 0 aliphatic carbocycles. The fourth-order valence-electron chi connectivity index (χ4n) is 1.79. The Labute approximate surface area is 108 Å². The van der Waals surface area contributed by atoms with Gasteiger partial charge in [-0.2, -0.15) is 0 Å². The third-order valence-electron chi connectivity index (χ3n) is 3.03. The van der Waals surface area contributed by atoms with Crippen LogP contribution in [-0.2, 0) is 4.74 Å². The summed E-state index contributed by atoms with van der Waals surface area (Å²) in [5.74, 6) is 1.48. The SMILES string of the molecule is COCCC(C)C(O)c1cc(OC)cc(OC)c1. The van der Waals surface area contributed by atoms with E-state index in [-0.39, 0.29) is 5.92 Å². The van der Waals surface area contributed by atoms with Crippen molar-refractivity contribution in [1.82, 2.24) is 0 Å². The summed E-state index contributed by atoms with van der Waals surface area (Å²) in [6.07, 6.45) is 0.251. The monoisotopic (exact) mass is 254 g/mol. The minimum atomic E-state index is -0.552. The molecule has 0 saturated heterocycles. The van der Waals surface area contributed by atoms with E-state index in [4.69, 9.17) is 14.2 Å². The highest BCUT2D eigenvalue weighted by Crippen LogP contribution is 2.31. The first-order chi connectivity index (χ1) is 8.62. The minimum Gasteiger partial charge on any atom is -0.497 e. The molecule has 0 bridgehead atoms. The van der Waals surface area contributed by atoms with Crippen LogP contribution in [-0.4, -0.2) is 33.0 Å². The van der Waals surface area contributed by atoms with E-state index < -0.39 is 6.10 Å². The lowest BCUT2D eigenvalue weighted by molar-refractivity contribution is 0.0882. The quantitative estimate of drug-likeness (QED) is 0.811. The molecule has 2 atom stereocenters. The Morgan fingerprint density at radius 3 is 2.06 bits per heavy atom. The van der Waals surface area contributed by atoms with Crippen LogP contribution in [0.5, 0.6) is 11.5 Å². The summed E-state index contributed by atoms with van der Waals surface area (Å²) in [6.45, 7) is 2.63. The van der Waals surface area contributed by atoms with E-state index in [1.807, 2.05) is 19.1 Å². The van der Waals surface area contributed by atoms with Gasteiger partial charge >= 0.3 is 0 Å². The van der Waals surface area contributed by atoms with Crippen LogP contribution >= 0.6 is 0 Å². The molecule has 0 fully saturated rings. The Morgan fingerprint density at radius 1 is 1.06 bits per heavy atom. The molecule has 1 rings (SSSR count). The summed E-state index contributed by atoms with van der Waals surface area (Å²) in [7, 11) is 4.85. The molecular formula is C14H22O4. The molecule has 18 heavy (non-hydrogen) atoms. The zero-order chi connectivity index (χ0) is 13.5. The normalized spacial score (nSPS) is 14.1. The summed E-state index contributed by atoms with van der Waals surface area (Å²) >= 11 is 0. The fraction of sp³-hybridized carbons (Fsp3) is 0.571. The van der Waals surface area contributed by atoms with Crippen LogP contribution in [0, 0.1) is 5.92 Å². The van der Waals surface area contributed by atoms with Crippen LogP contribution in [0.3, 0.4) is 0 Å². The number of rotatable bonds is 7. The first-order valence-corrected chi connectivity index (χ1v) is 6.02. The van der Waals surface area contributed by atoms with Crippen LogP contribution in [0.15, 0.2) is 18.2 Å². The first-order valence-electron chi connectivity index (χ1n) is 6.02. The van der Waals surface area contributed by atoms with Gasteiger partial charge in [-0.25, -0.2) is 0 Å². The highest BCUT2D eigenvalue weighted by Gasteiger charge is 2.18. The van der Waals surface area contributed by atoms with Gasteiger partial charge in [0.2, 0.25) is 0 Å². The van der Waals surface area contributed by atoms with Gasteiger partial charge in [0.05, 0.1) is 20.3 Å². The van der Waals surface area contributed by atoms with E-state index in [0.29, 0.717) is 18.1 Å². The molecule has 0 heterocycles. The second-order valence-electron chi connectivity index (χ2n) is 4.35. The van der Waals surface area contributed by atoms with E-state index in [2.05, 4.69) is 0 Å². The number of ether oxygens (including phenoxy) is 3. The Hall–Kier alpha value is -1.26. The smallest absolute Gasteiger partial charge is 0.122 e. The molecule has 0 spiro atoms. The standard InChI is InChI=1S/C14H22O4/c1-10(5-6-16-2)14(15)11-7-12(17-3)9-13(8-11)18-4/h7-10,14-15H,5-6H2,1-4H3. The van der Waals surface area contributed by atoms with E-state index in [1.165, 1.54) is 0 Å². The van der Waals surface area contributed by atoms with Crippen LogP contribution in [0.1, 0.15) is 25.0 Å². The predicted molar refractivity (Wildman–Crippen MR) is 70.2 cm³/mol. The summed E-state index contributed by atoms with van der Waals surface area (Å²) in [4.78, 5) is 0. The first kappa shape index (κ1) is 14.8. The van der Waals surface area contributed by atoms with Gasteiger partial charge in [0, 0.05) is 19.8 Å². The third-order valence-corrected chi connectivity index (χ3v) is 3.03. The lowest BCUT2D eigenvalue weighted by Gasteiger charge is -2.20. The molecule has 1 N–H and O–H groups in total. The number of aliphatic hydroxyl groups excluding tert-OH is 1. The molecule has 4 heteroatoms. The highest BCUT2D eigenvalue weighted by atomic mass is 16.5. The van der Waals surface area contributed by atoms with Crippen molar-refractivity contribution in [2.24, 2.45) is 5.92 Å². The van der Waals surface area contributed by atoms with Crippen LogP contribution in [0.25, 0.3) is 0 Å². The van der Waals surface area contributed by atoms with Crippen molar-refractivity contribution in [3.05, 3.63) is 23.8 Å². The highest BCUT2D eigenvalue weighted by molar-refractivity contribution is 5.39. The molecule has 1 aromatic carbocycles. The average Bonchev–Trinajstić information content (AvgIpc) is 2.43. The molecule has 0 aliphatic rings. The van der Waals surface area contributed by atoms with Crippen molar-refractivity contribution in [3.63, 3.8) is 0 Å². The van der Waals surface area contributed by atoms with Crippen LogP contribution < -0.4 is 9.47 Å². The fourth-order valence-corrected chi connectivity index (χ4v) is 1.79. The Morgan fingerprint density at radius 2 is 1.61 bits per heavy atom. The molecule has 0 aromatic heterocycles. The largest absolute Gasteiger partial charge is 0.497 e. The zero-order valence-corrected chi connectivity index (χ0v) is 11.5. The van der Waals surface area contributed by atoms with Crippen molar-refractivity contribution < 1.29 is 19.3 Å². The van der Waals surface area contributed by atoms with E-state index in [9.17, 15) is 5.11 Å². The van der Waals surface area contributed by atoms with Crippen molar-refractivity contribution >= 4 is 0 Å². The molecule has 0 amide bonds. The average molecular weight is 254 g/mol. The van der Waals surface area contributed by atoms with E-state index in [0.717, 1.165) is 12.0 Å². The topological polar surface area (TPSA) is 47.9 Å². The van der Waals surface area contributed by atoms with E-state index >= 15 is 0 Å². The molecule has 102 valence electrons. The number of benzene rings is 1. The zero-order valence-electron chi connectivity index (χ0n) is 11.5. The summed E-state index contributed by atoms with van der Waals surface area (Å²) in [5.41, 5.74) is 0.801. The second-order valence-corrected chi connectivity index (χ2v) is 4.35. The van der Waals surface area contributed by atoms with Crippen LogP contribution in [0.4, 0.5) is 0 Å². The van der Waals surface area contributed by atoms with Crippen molar-refractivity contribution in [2.75, 3.05) is 27.9 Å². The Kier molecular flexibility index (Phi) is 5.95. The molecule has 4 nitrogen and oxygen atoms in total. The summed E-state index contributed by atoms with van der Waals surface area (Å²) in [6, 6.07) is 5.45. The molecule has 0 radical (unpaired) electrons. The molecule has 1 aromatic rings. The minimum absolute atomic E-state index is 0.113. The number of aliphatic hydroxyl groups is 1. The number of hydrogen-bond donors (Lipinski definition) is 1. The maximum atomic E-state index is 10.3. The Bertz CT molecular complexity index is 343. The van der Waals surface area contributed by atoms with Crippen molar-refractivity contribution in [3.8, 4) is 11.5 Å². The van der Waals surface area contributed by atoms with Crippen molar-refractivity contribution in [1.29, 1.82) is 0 Å². The van der Waals surface area contributed by atoms with Gasteiger partial charge in [0.15, 0.2) is 0 Å². The molecule has 2 unspecified atom stereocenters. The van der Waals surface area contributed by atoms with Gasteiger partial charge in [0.1, 0.15) is 11.5 Å². The van der Waals surface area contributed by atoms with Gasteiger partial charge in [-0.3, -0.25) is 0 Å². The number of methoxy groups -OCH3 is 3. The second kappa shape index (κ2) is 7.24. The van der Waals surface area contributed by atoms with Gasteiger partial charge < -0.3 is 19.3 Å². The molecular weight excluding hydrogens is 232 g/mol. The number of hydrogen-bond acceptors (Lipinski definition) is 4. The van der Waals surface area contributed by atoms with Gasteiger partial charge in [-0.1, -0.05) is 6.92 Å². The van der Waals surface area contributed by atoms with Gasteiger partial charge in [-0.15, -0.1) is 0 Å². The Balaban J connectivity index is 2.86. The summed E-state index contributed by atoms with van der Waals surface area (Å²) in [5, 5.41) is 10.3. The maximum absolute atomic E-state index is 10.3. The van der Waals surface area contributed by atoms with Crippen molar-refractivity contribution in [2.45, 2.75) is 19.4 Å². The van der Waals surface area contributed by atoms with E-state index in [1.54, 1.807) is 27.4 Å². The summed E-state index contributed by atoms with van der Waals surface area (Å²) < 4.78 is 15.4. The lowest BCUT2D eigenvalue weighted by Crippen LogP contribution is -2.11. The third kappa shape index (κ3) is 3.89.